The lowest BCUT2D eigenvalue weighted by molar-refractivity contribution is 0.253. The van der Waals surface area contributed by atoms with E-state index in [0.717, 1.165) is 62.8 Å². The molecular weight excluding hydrogens is 529 g/mol. The molecule has 33 heavy (non-hydrogen) atoms. The molecule has 3 rings (SSSR count). The molecule has 7 nitrogen and oxygen atoms in total. The van der Waals surface area contributed by atoms with Crippen LogP contribution in [0, 0.1) is 0 Å². The van der Waals surface area contributed by atoms with Crippen LogP contribution in [0.1, 0.15) is 26.7 Å². The number of nitrogens with zero attached hydrogens (tertiary/aromatic N) is 3. The number of unbranched alkanes of at least 4 members (excludes halogenated alkanes) is 1. The van der Waals surface area contributed by atoms with E-state index in [-0.39, 0.29) is 24.0 Å². The van der Waals surface area contributed by atoms with Gasteiger partial charge in [0, 0.05) is 44.5 Å². The highest BCUT2D eigenvalue weighted by Gasteiger charge is 2.16. The van der Waals surface area contributed by atoms with E-state index in [9.17, 15) is 0 Å². The molecule has 0 radical (unpaired) electrons. The number of piperazine rings is 1. The molecule has 1 fully saturated rings. The highest BCUT2D eigenvalue weighted by molar-refractivity contribution is 14.0. The molecule has 0 spiro atoms. The van der Waals surface area contributed by atoms with Crippen LogP contribution in [0.5, 0.6) is 11.5 Å². The number of halogens is 1. The summed E-state index contributed by atoms with van der Waals surface area (Å²) in [6.45, 7) is 11.3. The van der Waals surface area contributed by atoms with Gasteiger partial charge in [0.05, 0.1) is 18.9 Å². The van der Waals surface area contributed by atoms with Gasteiger partial charge in [-0.3, -0.25) is 9.89 Å². The van der Waals surface area contributed by atoms with Crippen molar-refractivity contribution in [2.45, 2.75) is 26.7 Å². The molecular formula is C25H38IN5O2. The first-order valence-electron chi connectivity index (χ1n) is 11.7. The Bertz CT molecular complexity index is 842. The molecule has 1 aliphatic heterocycles. The number of nitrogens with one attached hydrogen (secondary N) is 1. The van der Waals surface area contributed by atoms with Crippen molar-refractivity contribution in [1.29, 1.82) is 0 Å². The summed E-state index contributed by atoms with van der Waals surface area (Å²) in [4.78, 5) is 9.49. The number of ether oxygens (including phenoxy) is 2. The van der Waals surface area contributed by atoms with Gasteiger partial charge in [0.25, 0.3) is 0 Å². The van der Waals surface area contributed by atoms with Crippen LogP contribution in [0.25, 0.3) is 0 Å². The minimum atomic E-state index is 0. The fourth-order valence-electron chi connectivity index (χ4n) is 3.84. The Labute approximate surface area is 215 Å². The Hall–Kier alpha value is -2.20. The zero-order valence-electron chi connectivity index (χ0n) is 19.8. The van der Waals surface area contributed by atoms with E-state index >= 15 is 0 Å². The summed E-state index contributed by atoms with van der Waals surface area (Å²) in [6.07, 6.45) is 2.13. The first-order chi connectivity index (χ1) is 15.7. The van der Waals surface area contributed by atoms with Crippen molar-refractivity contribution in [1.82, 2.24) is 4.90 Å². The Morgan fingerprint density at radius 1 is 0.970 bits per heavy atom. The van der Waals surface area contributed by atoms with E-state index in [1.807, 2.05) is 32.0 Å². The van der Waals surface area contributed by atoms with Gasteiger partial charge in [-0.2, -0.15) is 0 Å². The number of benzene rings is 2. The largest absolute Gasteiger partial charge is 0.494 e. The molecule has 8 heteroatoms. The predicted molar refractivity (Wildman–Crippen MR) is 149 cm³/mol. The van der Waals surface area contributed by atoms with Crippen LogP contribution in [0.15, 0.2) is 53.5 Å². The van der Waals surface area contributed by atoms with Crippen LogP contribution in [0.3, 0.4) is 0 Å². The summed E-state index contributed by atoms with van der Waals surface area (Å²) in [6, 6.07) is 16.3. The molecule has 0 atom stereocenters. The topological polar surface area (TPSA) is 75.3 Å². The third-order valence-corrected chi connectivity index (χ3v) is 5.48. The predicted octanol–water partition coefficient (Wildman–Crippen LogP) is 4.43. The standard InChI is InChI=1S/C25H37N5O2.HI/c1-3-31-22-12-13-24(32-4-2)23(20-22)28-25(26)27-14-8-9-15-29-16-18-30(19-17-29)21-10-6-5-7-11-21;/h5-7,10-13,20H,3-4,8-9,14-19H2,1-2H3,(H3,26,27,28);1H. The Kier molecular flexibility index (Phi) is 12.2. The number of anilines is 2. The number of rotatable bonds is 11. The van der Waals surface area contributed by atoms with Gasteiger partial charge in [-0.25, -0.2) is 0 Å². The second-order valence-corrected chi connectivity index (χ2v) is 7.79. The zero-order chi connectivity index (χ0) is 22.6. The molecule has 2 aromatic rings. The smallest absolute Gasteiger partial charge is 0.193 e. The molecule has 0 amide bonds. The number of nitrogens with two attached hydrogens (primary N) is 1. The van der Waals surface area contributed by atoms with Gasteiger partial charge in [-0.15, -0.1) is 24.0 Å². The molecule has 1 saturated heterocycles. The fourth-order valence-corrected chi connectivity index (χ4v) is 3.84. The minimum Gasteiger partial charge on any atom is -0.494 e. The minimum absolute atomic E-state index is 0. The quantitative estimate of drug-likeness (QED) is 0.181. The molecule has 0 unspecified atom stereocenters. The lowest BCUT2D eigenvalue weighted by Gasteiger charge is -2.36. The molecule has 3 N–H and O–H groups in total. The molecule has 0 saturated carbocycles. The van der Waals surface area contributed by atoms with Crippen molar-refractivity contribution < 1.29 is 9.47 Å². The molecule has 1 aliphatic rings. The van der Waals surface area contributed by atoms with Crippen LogP contribution in [0.4, 0.5) is 11.4 Å². The van der Waals surface area contributed by atoms with Crippen LogP contribution in [0.2, 0.25) is 0 Å². The van der Waals surface area contributed by atoms with Crippen molar-refractivity contribution in [3.8, 4) is 11.5 Å². The summed E-state index contributed by atoms with van der Waals surface area (Å²) in [5.74, 6) is 1.92. The first-order valence-corrected chi connectivity index (χ1v) is 11.7. The zero-order valence-corrected chi connectivity index (χ0v) is 22.2. The van der Waals surface area contributed by atoms with Crippen molar-refractivity contribution in [2.24, 2.45) is 10.7 Å². The summed E-state index contributed by atoms with van der Waals surface area (Å²) >= 11 is 0. The molecule has 0 aliphatic carbocycles. The number of para-hydroxylation sites is 1. The average molecular weight is 568 g/mol. The van der Waals surface area contributed by atoms with Crippen molar-refractivity contribution in [2.75, 3.05) is 62.7 Å². The number of aliphatic imine (C=N–C) groups is 1. The maximum absolute atomic E-state index is 6.12. The third-order valence-electron chi connectivity index (χ3n) is 5.48. The van der Waals surface area contributed by atoms with Gasteiger partial charge in [-0.1, -0.05) is 18.2 Å². The van der Waals surface area contributed by atoms with E-state index in [2.05, 4.69) is 50.4 Å². The molecule has 0 bridgehead atoms. The van der Waals surface area contributed by atoms with E-state index in [4.69, 9.17) is 15.2 Å². The molecule has 182 valence electrons. The van der Waals surface area contributed by atoms with Gasteiger partial charge in [-0.05, 0) is 57.5 Å². The number of hydrogen-bond acceptors (Lipinski definition) is 5. The Morgan fingerprint density at radius 2 is 1.70 bits per heavy atom. The van der Waals surface area contributed by atoms with Crippen LogP contribution < -0.4 is 25.4 Å². The summed E-state index contributed by atoms with van der Waals surface area (Å²) in [5, 5.41) is 3.16. The summed E-state index contributed by atoms with van der Waals surface area (Å²) in [7, 11) is 0. The molecule has 2 aromatic carbocycles. The highest BCUT2D eigenvalue weighted by Crippen LogP contribution is 2.29. The van der Waals surface area contributed by atoms with Crippen molar-refractivity contribution in [3.05, 3.63) is 48.5 Å². The summed E-state index contributed by atoms with van der Waals surface area (Å²) in [5.41, 5.74) is 8.21. The Balaban J connectivity index is 0.00000385. The van der Waals surface area contributed by atoms with Crippen LogP contribution in [-0.4, -0.2) is 63.3 Å². The van der Waals surface area contributed by atoms with Crippen LogP contribution in [-0.2, 0) is 0 Å². The maximum atomic E-state index is 6.12. The number of guanidine groups is 1. The number of hydrogen-bond donors (Lipinski definition) is 2. The molecule has 0 aromatic heterocycles. The normalized spacial score (nSPS) is 14.5. The van der Waals surface area contributed by atoms with Gasteiger partial charge >= 0.3 is 0 Å². The van der Waals surface area contributed by atoms with Gasteiger partial charge in [0.15, 0.2) is 5.96 Å². The van der Waals surface area contributed by atoms with E-state index in [0.29, 0.717) is 25.7 Å². The molecule has 1 heterocycles. The van der Waals surface area contributed by atoms with E-state index in [1.165, 1.54) is 5.69 Å². The lowest BCUT2D eigenvalue weighted by Crippen LogP contribution is -2.46. The monoisotopic (exact) mass is 567 g/mol. The summed E-state index contributed by atoms with van der Waals surface area (Å²) < 4.78 is 11.3. The SMILES string of the molecule is CCOc1ccc(OCC)c(NC(N)=NCCCCN2CCN(c3ccccc3)CC2)c1.I. The van der Waals surface area contributed by atoms with E-state index < -0.39 is 0 Å². The average Bonchev–Trinajstić information content (AvgIpc) is 2.82. The second kappa shape index (κ2) is 14.8. The first kappa shape index (κ1) is 27.0. The maximum Gasteiger partial charge on any atom is 0.193 e. The van der Waals surface area contributed by atoms with Gasteiger partial charge in [0.2, 0.25) is 0 Å². The Morgan fingerprint density at radius 3 is 2.39 bits per heavy atom. The second-order valence-electron chi connectivity index (χ2n) is 7.79. The van der Waals surface area contributed by atoms with Gasteiger partial charge in [0.1, 0.15) is 11.5 Å². The van der Waals surface area contributed by atoms with E-state index in [1.54, 1.807) is 0 Å². The lowest BCUT2D eigenvalue weighted by atomic mass is 10.2. The van der Waals surface area contributed by atoms with Crippen molar-refractivity contribution in [3.63, 3.8) is 0 Å². The van der Waals surface area contributed by atoms with Crippen LogP contribution >= 0.6 is 24.0 Å². The highest BCUT2D eigenvalue weighted by atomic mass is 127. The third kappa shape index (κ3) is 8.92. The van der Waals surface area contributed by atoms with Crippen molar-refractivity contribution >= 4 is 41.3 Å². The van der Waals surface area contributed by atoms with Gasteiger partial charge < -0.3 is 25.4 Å². The fraction of sp³-hybridized carbons (Fsp3) is 0.480.